The molecule has 5 nitrogen and oxygen atoms in total. The first-order valence-electron chi connectivity index (χ1n) is 7.13. The average molecular weight is 286 g/mol. The molecule has 1 unspecified atom stereocenters. The third kappa shape index (κ3) is 3.92. The number of carbonyl (C=O) groups excluding carboxylic acids is 1. The third-order valence-corrected chi connectivity index (χ3v) is 3.40. The highest BCUT2D eigenvalue weighted by Crippen LogP contribution is 2.24. The Bertz CT molecular complexity index is 631. The summed E-state index contributed by atoms with van der Waals surface area (Å²) in [6, 6.07) is 9.98. The number of hydrogen-bond donors (Lipinski definition) is 2. The van der Waals surface area contributed by atoms with Gasteiger partial charge in [0.1, 0.15) is 5.82 Å². The first kappa shape index (κ1) is 15.3. The number of carbonyl (C=O) groups is 1. The summed E-state index contributed by atoms with van der Waals surface area (Å²) in [5, 5.41) is 7.35. The molecule has 1 heterocycles. The van der Waals surface area contributed by atoms with Crippen molar-refractivity contribution in [3.63, 3.8) is 0 Å². The molecule has 112 valence electrons. The summed E-state index contributed by atoms with van der Waals surface area (Å²) in [5.41, 5.74) is 8.75. The van der Waals surface area contributed by atoms with Crippen LogP contribution in [0.3, 0.4) is 0 Å². The summed E-state index contributed by atoms with van der Waals surface area (Å²) in [6.45, 7) is 3.94. The standard InChI is InChI=1S/C16H22N4O/c1-11-6-4-5-7-13(11)14-10-15(20(3)19-14)18-16(21)9-8-12(2)17/h4-7,10,12H,8-9,17H2,1-3H3,(H,18,21). The molecule has 5 heteroatoms. The molecule has 0 aliphatic rings. The Morgan fingerprint density at radius 2 is 2.14 bits per heavy atom. The lowest BCUT2D eigenvalue weighted by atomic mass is 10.1. The first-order valence-corrected chi connectivity index (χ1v) is 7.13. The van der Waals surface area contributed by atoms with Crippen molar-refractivity contribution < 1.29 is 4.79 Å². The van der Waals surface area contributed by atoms with E-state index in [2.05, 4.69) is 10.4 Å². The molecule has 0 bridgehead atoms. The fraction of sp³-hybridized carbons (Fsp3) is 0.375. The van der Waals surface area contributed by atoms with Gasteiger partial charge in [0.25, 0.3) is 0 Å². The van der Waals surface area contributed by atoms with Gasteiger partial charge in [-0.2, -0.15) is 5.10 Å². The molecule has 3 N–H and O–H groups in total. The second-order valence-corrected chi connectivity index (χ2v) is 5.42. The van der Waals surface area contributed by atoms with E-state index in [0.29, 0.717) is 18.7 Å². The molecule has 0 spiro atoms. The second-order valence-electron chi connectivity index (χ2n) is 5.42. The Morgan fingerprint density at radius 3 is 2.81 bits per heavy atom. The van der Waals surface area contributed by atoms with Gasteiger partial charge in [-0.3, -0.25) is 9.48 Å². The number of aromatic nitrogens is 2. The minimum atomic E-state index is -0.0355. The number of amides is 1. The molecule has 2 rings (SSSR count). The largest absolute Gasteiger partial charge is 0.328 e. The first-order chi connectivity index (χ1) is 9.97. The molecule has 0 radical (unpaired) electrons. The van der Waals surface area contributed by atoms with E-state index >= 15 is 0 Å². The van der Waals surface area contributed by atoms with Gasteiger partial charge >= 0.3 is 0 Å². The summed E-state index contributed by atoms with van der Waals surface area (Å²) in [6.07, 6.45) is 1.09. The van der Waals surface area contributed by atoms with E-state index in [9.17, 15) is 4.79 Å². The average Bonchev–Trinajstić information content (AvgIpc) is 2.78. The molecule has 2 aromatic rings. The maximum absolute atomic E-state index is 11.9. The molecule has 0 saturated heterocycles. The Labute approximate surface area is 125 Å². The van der Waals surface area contributed by atoms with Crippen molar-refractivity contribution in [2.75, 3.05) is 5.32 Å². The van der Waals surface area contributed by atoms with Gasteiger partial charge in [-0.1, -0.05) is 24.3 Å². The highest BCUT2D eigenvalue weighted by molar-refractivity contribution is 5.90. The molecule has 1 atom stereocenters. The minimum Gasteiger partial charge on any atom is -0.328 e. The van der Waals surface area contributed by atoms with E-state index in [1.54, 1.807) is 4.68 Å². The van der Waals surface area contributed by atoms with Crippen LogP contribution in [0.4, 0.5) is 5.82 Å². The van der Waals surface area contributed by atoms with E-state index in [1.165, 1.54) is 0 Å². The molecule has 1 aromatic carbocycles. The van der Waals surface area contributed by atoms with Crippen LogP contribution in [0.5, 0.6) is 0 Å². The fourth-order valence-corrected chi connectivity index (χ4v) is 2.14. The highest BCUT2D eigenvalue weighted by Gasteiger charge is 2.11. The molecule has 21 heavy (non-hydrogen) atoms. The van der Waals surface area contributed by atoms with Crippen LogP contribution in [0.2, 0.25) is 0 Å². The number of aryl methyl sites for hydroxylation is 2. The summed E-state index contributed by atoms with van der Waals surface area (Å²) in [4.78, 5) is 11.9. The molecular weight excluding hydrogens is 264 g/mol. The van der Waals surface area contributed by atoms with Gasteiger partial charge in [-0.05, 0) is 25.8 Å². The SMILES string of the molecule is Cc1ccccc1-c1cc(NC(=O)CCC(C)N)n(C)n1. The topological polar surface area (TPSA) is 72.9 Å². The van der Waals surface area contributed by atoms with E-state index in [0.717, 1.165) is 16.8 Å². The van der Waals surface area contributed by atoms with Crippen LogP contribution >= 0.6 is 0 Å². The Kier molecular flexibility index (Phi) is 4.75. The number of nitrogens with zero attached hydrogens (tertiary/aromatic N) is 2. The zero-order valence-corrected chi connectivity index (χ0v) is 12.8. The quantitative estimate of drug-likeness (QED) is 0.886. The predicted octanol–water partition coefficient (Wildman–Crippen LogP) is 2.46. The second kappa shape index (κ2) is 6.54. The molecule has 0 aliphatic carbocycles. The lowest BCUT2D eigenvalue weighted by Crippen LogP contribution is -2.20. The summed E-state index contributed by atoms with van der Waals surface area (Å²) < 4.78 is 1.69. The van der Waals surface area contributed by atoms with Gasteiger partial charge in [0.05, 0.1) is 5.69 Å². The number of benzene rings is 1. The van der Waals surface area contributed by atoms with E-state index < -0.39 is 0 Å². The predicted molar refractivity (Wildman–Crippen MR) is 84.9 cm³/mol. The monoisotopic (exact) mass is 286 g/mol. The molecule has 0 fully saturated rings. The van der Waals surface area contributed by atoms with E-state index in [4.69, 9.17) is 5.73 Å². The van der Waals surface area contributed by atoms with Crippen molar-refractivity contribution in [2.45, 2.75) is 32.7 Å². The van der Waals surface area contributed by atoms with Crippen molar-refractivity contribution in [1.29, 1.82) is 0 Å². The zero-order chi connectivity index (χ0) is 15.4. The summed E-state index contributed by atoms with van der Waals surface area (Å²) in [7, 11) is 1.82. The maximum atomic E-state index is 11.9. The van der Waals surface area contributed by atoms with Gasteiger partial charge in [0, 0.05) is 31.1 Å². The van der Waals surface area contributed by atoms with Crippen LogP contribution in [-0.2, 0) is 11.8 Å². The van der Waals surface area contributed by atoms with E-state index in [1.807, 2.05) is 51.2 Å². The molecule has 0 saturated carbocycles. The smallest absolute Gasteiger partial charge is 0.225 e. The number of nitrogens with one attached hydrogen (secondary N) is 1. The molecule has 1 aromatic heterocycles. The summed E-state index contributed by atoms with van der Waals surface area (Å²) >= 11 is 0. The van der Waals surface area contributed by atoms with Crippen molar-refractivity contribution in [1.82, 2.24) is 9.78 Å². The van der Waals surface area contributed by atoms with E-state index in [-0.39, 0.29) is 11.9 Å². The Morgan fingerprint density at radius 1 is 1.43 bits per heavy atom. The number of rotatable bonds is 5. The van der Waals surface area contributed by atoms with Crippen LogP contribution in [0.15, 0.2) is 30.3 Å². The van der Waals surface area contributed by atoms with Crippen molar-refractivity contribution >= 4 is 11.7 Å². The van der Waals surface area contributed by atoms with Gasteiger partial charge in [-0.15, -0.1) is 0 Å². The normalized spacial score (nSPS) is 12.2. The van der Waals surface area contributed by atoms with Crippen LogP contribution in [0.25, 0.3) is 11.3 Å². The minimum absolute atomic E-state index is 0.0322. The van der Waals surface area contributed by atoms with Gasteiger partial charge in [-0.25, -0.2) is 0 Å². The van der Waals surface area contributed by atoms with Crippen LogP contribution < -0.4 is 11.1 Å². The molecule has 1 amide bonds. The number of anilines is 1. The summed E-state index contributed by atoms with van der Waals surface area (Å²) in [5.74, 6) is 0.662. The van der Waals surface area contributed by atoms with Crippen molar-refractivity contribution in [3.8, 4) is 11.3 Å². The van der Waals surface area contributed by atoms with Crippen LogP contribution in [0.1, 0.15) is 25.3 Å². The number of hydrogen-bond acceptors (Lipinski definition) is 3. The number of nitrogens with two attached hydrogens (primary N) is 1. The zero-order valence-electron chi connectivity index (χ0n) is 12.8. The Hall–Kier alpha value is -2.14. The van der Waals surface area contributed by atoms with Gasteiger partial charge in [0.15, 0.2) is 0 Å². The van der Waals surface area contributed by atoms with Crippen LogP contribution in [0, 0.1) is 6.92 Å². The van der Waals surface area contributed by atoms with Gasteiger partial charge < -0.3 is 11.1 Å². The molecule has 0 aliphatic heterocycles. The van der Waals surface area contributed by atoms with Gasteiger partial charge in [0.2, 0.25) is 5.91 Å². The maximum Gasteiger partial charge on any atom is 0.225 e. The van der Waals surface area contributed by atoms with Crippen LogP contribution in [-0.4, -0.2) is 21.7 Å². The molecular formula is C16H22N4O. The fourth-order valence-electron chi connectivity index (χ4n) is 2.14. The van der Waals surface area contributed by atoms with Crippen molar-refractivity contribution in [3.05, 3.63) is 35.9 Å². The lowest BCUT2D eigenvalue weighted by molar-refractivity contribution is -0.116. The third-order valence-electron chi connectivity index (χ3n) is 3.40. The highest BCUT2D eigenvalue weighted by atomic mass is 16.1. The Balaban J connectivity index is 2.13. The lowest BCUT2D eigenvalue weighted by Gasteiger charge is -2.06. The van der Waals surface area contributed by atoms with Crippen molar-refractivity contribution in [2.24, 2.45) is 12.8 Å².